The highest BCUT2D eigenvalue weighted by Gasteiger charge is 2.25. The molecular formula is C20H20N2O5S. The first-order chi connectivity index (χ1) is 13.4. The molecule has 1 heterocycles. The van der Waals surface area contributed by atoms with Gasteiger partial charge in [-0.2, -0.15) is 0 Å². The number of para-hydroxylation sites is 1. The minimum atomic E-state index is -0.683. The van der Waals surface area contributed by atoms with Crippen molar-refractivity contribution in [2.75, 3.05) is 18.1 Å². The Balaban J connectivity index is 1.69. The number of carbonyl (C=O) groups excluding carboxylic acids is 2. The van der Waals surface area contributed by atoms with Gasteiger partial charge in [-0.1, -0.05) is 19.1 Å². The van der Waals surface area contributed by atoms with Crippen molar-refractivity contribution >= 4 is 35.0 Å². The first kappa shape index (κ1) is 19.9. The molecule has 7 nitrogen and oxygen atoms in total. The van der Waals surface area contributed by atoms with Crippen LogP contribution in [0.4, 0.5) is 11.4 Å². The normalized spacial score (nSPS) is 16.1. The first-order valence-corrected chi connectivity index (χ1v) is 9.73. The maximum Gasteiger partial charge on any atom is 0.338 e. The molecule has 0 radical (unpaired) electrons. The summed E-state index contributed by atoms with van der Waals surface area (Å²) in [6.07, 6.45) is 0.834. The van der Waals surface area contributed by atoms with Crippen molar-refractivity contribution < 1.29 is 19.2 Å². The molecule has 0 bridgehead atoms. The molecule has 0 saturated heterocycles. The van der Waals surface area contributed by atoms with Crippen molar-refractivity contribution in [2.45, 2.75) is 30.4 Å². The van der Waals surface area contributed by atoms with Gasteiger partial charge in [0.05, 0.1) is 16.2 Å². The molecule has 0 spiro atoms. The number of hydrogen-bond acceptors (Lipinski definition) is 6. The fourth-order valence-corrected chi connectivity index (χ4v) is 4.13. The van der Waals surface area contributed by atoms with Gasteiger partial charge in [0.1, 0.15) is 0 Å². The van der Waals surface area contributed by atoms with E-state index in [1.54, 1.807) is 23.6 Å². The fourth-order valence-electron chi connectivity index (χ4n) is 3.02. The van der Waals surface area contributed by atoms with Crippen LogP contribution < -0.4 is 4.90 Å². The quantitative estimate of drug-likeness (QED) is 0.438. The molecule has 0 N–H and O–H groups in total. The summed E-state index contributed by atoms with van der Waals surface area (Å²) >= 11 is 1.72. The summed E-state index contributed by atoms with van der Waals surface area (Å²) < 4.78 is 5.17. The number of ether oxygens (including phenoxy) is 1. The number of nitro groups is 1. The molecule has 0 saturated carbocycles. The molecule has 0 unspecified atom stereocenters. The minimum Gasteiger partial charge on any atom is -0.452 e. The number of rotatable bonds is 4. The topological polar surface area (TPSA) is 89.8 Å². The Morgan fingerprint density at radius 2 is 2.04 bits per heavy atom. The molecule has 3 rings (SSSR count). The van der Waals surface area contributed by atoms with Crippen molar-refractivity contribution in [2.24, 2.45) is 0 Å². The van der Waals surface area contributed by atoms with E-state index in [4.69, 9.17) is 4.74 Å². The summed E-state index contributed by atoms with van der Waals surface area (Å²) in [6.45, 7) is 3.83. The Hall–Kier alpha value is -2.87. The number of thioether (sulfide) groups is 1. The highest BCUT2D eigenvalue weighted by molar-refractivity contribution is 8.00. The number of nitrogens with zero attached hydrogens (tertiary/aromatic N) is 2. The molecule has 1 aliphatic heterocycles. The smallest absolute Gasteiger partial charge is 0.338 e. The number of esters is 1. The predicted octanol–water partition coefficient (Wildman–Crippen LogP) is 3.98. The average Bonchev–Trinajstić information content (AvgIpc) is 2.83. The van der Waals surface area contributed by atoms with Crippen LogP contribution in [0.25, 0.3) is 0 Å². The highest BCUT2D eigenvalue weighted by atomic mass is 32.2. The molecule has 28 heavy (non-hydrogen) atoms. The zero-order valence-corrected chi connectivity index (χ0v) is 16.4. The van der Waals surface area contributed by atoms with Crippen molar-refractivity contribution in [3.8, 4) is 0 Å². The third-order valence-corrected chi connectivity index (χ3v) is 5.74. The van der Waals surface area contributed by atoms with E-state index in [0.29, 0.717) is 17.4 Å². The van der Waals surface area contributed by atoms with E-state index < -0.39 is 10.9 Å². The van der Waals surface area contributed by atoms with Gasteiger partial charge in [0.2, 0.25) is 0 Å². The average molecular weight is 400 g/mol. The maximum absolute atomic E-state index is 12.7. The molecule has 0 fully saturated rings. The van der Waals surface area contributed by atoms with E-state index in [0.717, 1.165) is 17.0 Å². The lowest BCUT2D eigenvalue weighted by atomic mass is 10.1. The van der Waals surface area contributed by atoms with Gasteiger partial charge in [0.15, 0.2) is 6.61 Å². The number of amides is 1. The van der Waals surface area contributed by atoms with E-state index in [9.17, 15) is 19.7 Å². The summed E-state index contributed by atoms with van der Waals surface area (Å²) in [5.74, 6) is -0.980. The van der Waals surface area contributed by atoms with Crippen LogP contribution in [0.3, 0.4) is 0 Å². The van der Waals surface area contributed by atoms with Crippen LogP contribution in [0.1, 0.15) is 29.3 Å². The van der Waals surface area contributed by atoms with E-state index in [1.807, 2.05) is 24.3 Å². The Morgan fingerprint density at radius 3 is 2.75 bits per heavy atom. The van der Waals surface area contributed by atoms with Crippen molar-refractivity contribution in [1.29, 1.82) is 0 Å². The highest BCUT2D eigenvalue weighted by Crippen LogP contribution is 2.37. The summed E-state index contributed by atoms with van der Waals surface area (Å²) in [7, 11) is 0. The van der Waals surface area contributed by atoms with Crippen LogP contribution in [0.2, 0.25) is 0 Å². The van der Waals surface area contributed by atoms with Gasteiger partial charge < -0.3 is 9.64 Å². The number of anilines is 1. The molecule has 8 heteroatoms. The Labute approximate surface area is 166 Å². The van der Waals surface area contributed by atoms with Gasteiger partial charge in [-0.05, 0) is 37.6 Å². The Kier molecular flexibility index (Phi) is 5.99. The van der Waals surface area contributed by atoms with Crippen LogP contribution in [-0.2, 0) is 9.53 Å². The van der Waals surface area contributed by atoms with Crippen molar-refractivity contribution in [3.63, 3.8) is 0 Å². The molecule has 1 amide bonds. The van der Waals surface area contributed by atoms with Crippen molar-refractivity contribution in [3.05, 3.63) is 63.7 Å². The molecule has 146 valence electrons. The fraction of sp³-hybridized carbons (Fsp3) is 0.300. The number of carbonyl (C=O) groups is 2. The third-order valence-electron chi connectivity index (χ3n) is 4.50. The zero-order valence-electron chi connectivity index (χ0n) is 15.6. The Bertz CT molecular complexity index is 931. The van der Waals surface area contributed by atoms with E-state index in [-0.39, 0.29) is 23.8 Å². The molecule has 0 aromatic heterocycles. The van der Waals surface area contributed by atoms with Gasteiger partial charge >= 0.3 is 5.97 Å². The molecule has 2 aromatic carbocycles. The second-order valence-corrected chi connectivity index (χ2v) is 8.05. The summed E-state index contributed by atoms with van der Waals surface area (Å²) in [6, 6.07) is 11.7. The predicted molar refractivity (Wildman–Crippen MR) is 107 cm³/mol. The van der Waals surface area contributed by atoms with Crippen LogP contribution in [-0.4, -0.2) is 35.2 Å². The van der Waals surface area contributed by atoms with Crippen molar-refractivity contribution in [1.82, 2.24) is 0 Å². The lowest BCUT2D eigenvalue weighted by Gasteiger charge is -2.22. The monoisotopic (exact) mass is 400 g/mol. The number of benzene rings is 2. The lowest BCUT2D eigenvalue weighted by Crippen LogP contribution is -2.35. The molecule has 0 aliphatic carbocycles. The van der Waals surface area contributed by atoms with Crippen LogP contribution in [0, 0.1) is 17.0 Å². The molecule has 2 aromatic rings. The van der Waals surface area contributed by atoms with Gasteiger partial charge in [-0.15, -0.1) is 11.8 Å². The van der Waals surface area contributed by atoms with E-state index in [1.165, 1.54) is 18.2 Å². The van der Waals surface area contributed by atoms with Crippen LogP contribution >= 0.6 is 11.8 Å². The first-order valence-electron chi connectivity index (χ1n) is 8.85. The van der Waals surface area contributed by atoms with Gasteiger partial charge in [-0.3, -0.25) is 14.9 Å². The van der Waals surface area contributed by atoms with E-state index >= 15 is 0 Å². The SMILES string of the molecule is Cc1cc(C(=O)OCC(=O)N2CC[C@H](C)Sc3ccccc32)ccc1[N+](=O)[O-]. The minimum absolute atomic E-state index is 0.0691. The number of hydrogen-bond donors (Lipinski definition) is 0. The van der Waals surface area contributed by atoms with Gasteiger partial charge in [-0.25, -0.2) is 4.79 Å². The third kappa shape index (κ3) is 4.33. The largest absolute Gasteiger partial charge is 0.452 e. The zero-order chi connectivity index (χ0) is 20.3. The molecule has 1 atom stereocenters. The lowest BCUT2D eigenvalue weighted by molar-refractivity contribution is -0.385. The second-order valence-electron chi connectivity index (χ2n) is 6.56. The van der Waals surface area contributed by atoms with Gasteiger partial charge in [0, 0.05) is 28.3 Å². The van der Waals surface area contributed by atoms with E-state index in [2.05, 4.69) is 6.92 Å². The number of fused-ring (bicyclic) bond motifs is 1. The maximum atomic E-state index is 12.7. The molecule has 1 aliphatic rings. The second kappa shape index (κ2) is 8.43. The van der Waals surface area contributed by atoms with Crippen LogP contribution in [0.5, 0.6) is 0 Å². The standard InChI is InChI=1S/C20H20N2O5S/c1-13-11-15(7-8-16(13)22(25)26)20(24)27-12-19(23)21-10-9-14(2)28-18-6-4-3-5-17(18)21/h3-8,11,14H,9-10,12H2,1-2H3/t14-/m0/s1. The summed E-state index contributed by atoms with van der Waals surface area (Å²) in [5.41, 5.74) is 1.29. The summed E-state index contributed by atoms with van der Waals surface area (Å²) in [4.78, 5) is 38.0. The molecular weight excluding hydrogens is 380 g/mol. The summed E-state index contributed by atoms with van der Waals surface area (Å²) in [5, 5.41) is 11.3. The number of aryl methyl sites for hydroxylation is 1. The van der Waals surface area contributed by atoms with Crippen LogP contribution in [0.15, 0.2) is 47.4 Å². The number of nitro benzene ring substituents is 1. The Morgan fingerprint density at radius 1 is 1.29 bits per heavy atom. The van der Waals surface area contributed by atoms with Gasteiger partial charge in [0.25, 0.3) is 11.6 Å².